The lowest BCUT2D eigenvalue weighted by Gasteiger charge is -2.02. The lowest BCUT2D eigenvalue weighted by atomic mass is 10.2. The first kappa shape index (κ1) is 10.8. The lowest BCUT2D eigenvalue weighted by Crippen LogP contribution is -1.82. The average Bonchev–Trinajstić information content (AvgIpc) is 2.63. The Morgan fingerprint density at radius 1 is 1.27 bits per heavy atom. The van der Waals surface area contributed by atoms with Gasteiger partial charge in [-0.15, -0.1) is 11.8 Å². The second-order valence-electron chi connectivity index (χ2n) is 3.22. The molecular weight excluding hydrogens is 272 g/mol. The summed E-state index contributed by atoms with van der Waals surface area (Å²) in [7, 11) is 0. The van der Waals surface area contributed by atoms with Crippen LogP contribution in [0.5, 0.6) is 0 Å². The number of thioether (sulfide) groups is 1. The number of hydrogen-bond acceptors (Lipinski definition) is 2. The zero-order valence-corrected chi connectivity index (χ0v) is 10.8. The highest BCUT2D eigenvalue weighted by Crippen LogP contribution is 2.29. The quantitative estimate of drug-likeness (QED) is 0.761. The van der Waals surface area contributed by atoms with E-state index in [0.29, 0.717) is 0 Å². The number of benzene rings is 1. The topological polar surface area (TPSA) is 13.1 Å². The van der Waals surface area contributed by atoms with Crippen molar-refractivity contribution in [3.05, 3.63) is 52.4 Å². The van der Waals surface area contributed by atoms with E-state index in [1.54, 1.807) is 18.0 Å². The molecule has 0 radical (unpaired) electrons. The number of halogens is 1. The molecule has 1 nitrogen and oxygen atoms in total. The molecule has 1 aromatic carbocycles. The Morgan fingerprint density at radius 2 is 2.07 bits per heavy atom. The Morgan fingerprint density at radius 3 is 2.73 bits per heavy atom. The molecule has 0 spiro atoms. The van der Waals surface area contributed by atoms with Crippen molar-refractivity contribution < 1.29 is 4.42 Å². The van der Waals surface area contributed by atoms with E-state index in [9.17, 15) is 0 Å². The van der Waals surface area contributed by atoms with Crippen LogP contribution in [0.25, 0.3) is 0 Å². The van der Waals surface area contributed by atoms with Gasteiger partial charge in [-0.3, -0.25) is 0 Å². The van der Waals surface area contributed by atoms with Crippen LogP contribution < -0.4 is 0 Å². The standard InChI is InChI=1S/C12H11BrOS/c1-9-12(6-7-14-9)15-8-10-4-2-3-5-11(10)13/h2-7H,8H2,1H3. The summed E-state index contributed by atoms with van der Waals surface area (Å²) in [6.07, 6.45) is 1.73. The van der Waals surface area contributed by atoms with Crippen molar-refractivity contribution in [2.75, 3.05) is 0 Å². The van der Waals surface area contributed by atoms with Crippen LogP contribution in [0.15, 0.2) is 50.4 Å². The normalized spacial score (nSPS) is 10.5. The average molecular weight is 283 g/mol. The van der Waals surface area contributed by atoms with E-state index in [0.717, 1.165) is 11.5 Å². The van der Waals surface area contributed by atoms with Crippen LogP contribution in [0.2, 0.25) is 0 Å². The fourth-order valence-corrected chi connectivity index (χ4v) is 2.87. The van der Waals surface area contributed by atoms with E-state index in [1.165, 1.54) is 14.9 Å². The van der Waals surface area contributed by atoms with Gasteiger partial charge in [-0.2, -0.15) is 0 Å². The van der Waals surface area contributed by atoms with Gasteiger partial charge in [-0.25, -0.2) is 0 Å². The second-order valence-corrected chi connectivity index (χ2v) is 5.09. The number of aryl methyl sites for hydroxylation is 1. The minimum atomic E-state index is 0.960. The minimum Gasteiger partial charge on any atom is -0.468 e. The number of rotatable bonds is 3. The van der Waals surface area contributed by atoms with Gasteiger partial charge in [-0.1, -0.05) is 34.1 Å². The molecule has 2 rings (SSSR count). The van der Waals surface area contributed by atoms with Gasteiger partial charge >= 0.3 is 0 Å². The van der Waals surface area contributed by atoms with Gasteiger partial charge < -0.3 is 4.42 Å². The predicted octanol–water partition coefficient (Wildman–Crippen LogP) is 4.64. The zero-order valence-electron chi connectivity index (χ0n) is 8.37. The largest absolute Gasteiger partial charge is 0.468 e. The predicted molar refractivity (Wildman–Crippen MR) is 67.1 cm³/mol. The Kier molecular flexibility index (Phi) is 3.54. The van der Waals surface area contributed by atoms with Crippen molar-refractivity contribution >= 4 is 27.7 Å². The summed E-state index contributed by atoms with van der Waals surface area (Å²) in [5, 5.41) is 0. The van der Waals surface area contributed by atoms with Crippen molar-refractivity contribution in [1.29, 1.82) is 0 Å². The third-order valence-corrected chi connectivity index (χ3v) is 4.12. The molecule has 0 aliphatic carbocycles. The van der Waals surface area contributed by atoms with Crippen LogP contribution in [0.4, 0.5) is 0 Å². The van der Waals surface area contributed by atoms with E-state index >= 15 is 0 Å². The molecule has 3 heteroatoms. The maximum atomic E-state index is 5.25. The Hall–Kier alpha value is -0.670. The van der Waals surface area contributed by atoms with Crippen molar-refractivity contribution in [2.45, 2.75) is 17.6 Å². The molecule has 0 saturated heterocycles. The summed E-state index contributed by atoms with van der Waals surface area (Å²) in [6.45, 7) is 1.99. The monoisotopic (exact) mass is 282 g/mol. The Labute approximate surface area is 102 Å². The lowest BCUT2D eigenvalue weighted by molar-refractivity contribution is 0.527. The summed E-state index contributed by atoms with van der Waals surface area (Å²) < 4.78 is 6.42. The fourth-order valence-electron chi connectivity index (χ4n) is 1.29. The van der Waals surface area contributed by atoms with Crippen LogP contribution in [-0.2, 0) is 5.75 Å². The summed E-state index contributed by atoms with van der Waals surface area (Å²) in [5.41, 5.74) is 1.31. The van der Waals surface area contributed by atoms with Crippen LogP contribution in [0.1, 0.15) is 11.3 Å². The molecule has 0 aliphatic heterocycles. The van der Waals surface area contributed by atoms with Crippen molar-refractivity contribution in [2.24, 2.45) is 0 Å². The van der Waals surface area contributed by atoms with Crippen LogP contribution in [0, 0.1) is 6.92 Å². The molecule has 0 bridgehead atoms. The molecule has 2 aromatic rings. The molecule has 15 heavy (non-hydrogen) atoms. The van der Waals surface area contributed by atoms with Gasteiger partial charge in [0.2, 0.25) is 0 Å². The molecule has 1 heterocycles. The van der Waals surface area contributed by atoms with Crippen LogP contribution >= 0.6 is 27.7 Å². The summed E-state index contributed by atoms with van der Waals surface area (Å²) in [4.78, 5) is 1.21. The molecule has 0 fully saturated rings. The van der Waals surface area contributed by atoms with Crippen LogP contribution in [-0.4, -0.2) is 0 Å². The summed E-state index contributed by atoms with van der Waals surface area (Å²) in [5.74, 6) is 1.95. The Bertz CT molecular complexity index is 450. The molecule has 0 N–H and O–H groups in total. The van der Waals surface area contributed by atoms with Gasteiger partial charge in [0.1, 0.15) is 5.76 Å². The zero-order chi connectivity index (χ0) is 10.7. The minimum absolute atomic E-state index is 0.960. The maximum absolute atomic E-state index is 5.25. The molecule has 0 saturated carbocycles. The number of furan rings is 1. The highest BCUT2D eigenvalue weighted by atomic mass is 79.9. The van der Waals surface area contributed by atoms with E-state index in [1.807, 2.05) is 19.1 Å². The highest BCUT2D eigenvalue weighted by molar-refractivity contribution is 9.10. The first-order valence-corrected chi connectivity index (χ1v) is 6.45. The van der Waals surface area contributed by atoms with Crippen LogP contribution in [0.3, 0.4) is 0 Å². The van der Waals surface area contributed by atoms with E-state index < -0.39 is 0 Å². The van der Waals surface area contributed by atoms with Crippen molar-refractivity contribution in [1.82, 2.24) is 0 Å². The van der Waals surface area contributed by atoms with Crippen molar-refractivity contribution in [3.63, 3.8) is 0 Å². The molecule has 0 unspecified atom stereocenters. The maximum Gasteiger partial charge on any atom is 0.114 e. The third-order valence-electron chi connectivity index (χ3n) is 2.15. The third kappa shape index (κ3) is 2.67. The van der Waals surface area contributed by atoms with E-state index in [-0.39, 0.29) is 0 Å². The molecule has 78 valence electrons. The molecule has 0 amide bonds. The fraction of sp³-hybridized carbons (Fsp3) is 0.167. The van der Waals surface area contributed by atoms with E-state index in [4.69, 9.17) is 4.42 Å². The smallest absolute Gasteiger partial charge is 0.114 e. The van der Waals surface area contributed by atoms with Gasteiger partial charge in [0.05, 0.1) is 6.26 Å². The molecular formula is C12H11BrOS. The first-order valence-electron chi connectivity index (χ1n) is 4.67. The summed E-state index contributed by atoms with van der Waals surface area (Å²) in [6, 6.07) is 10.3. The summed E-state index contributed by atoms with van der Waals surface area (Å²) >= 11 is 5.34. The first-order chi connectivity index (χ1) is 7.27. The molecule has 0 aliphatic rings. The van der Waals surface area contributed by atoms with Gasteiger partial charge in [-0.05, 0) is 24.6 Å². The highest BCUT2D eigenvalue weighted by Gasteiger charge is 2.04. The van der Waals surface area contributed by atoms with Crippen molar-refractivity contribution in [3.8, 4) is 0 Å². The van der Waals surface area contributed by atoms with E-state index in [2.05, 4.69) is 34.1 Å². The number of hydrogen-bond donors (Lipinski definition) is 0. The SMILES string of the molecule is Cc1occc1SCc1ccccc1Br. The Balaban J connectivity index is 2.06. The molecule has 0 atom stereocenters. The second kappa shape index (κ2) is 4.90. The van der Waals surface area contributed by atoms with Gasteiger partial charge in [0.25, 0.3) is 0 Å². The molecule has 1 aromatic heterocycles. The van der Waals surface area contributed by atoms with Gasteiger partial charge in [0, 0.05) is 15.1 Å². The van der Waals surface area contributed by atoms with Gasteiger partial charge in [0.15, 0.2) is 0 Å².